The van der Waals surface area contributed by atoms with Crippen molar-refractivity contribution in [1.82, 2.24) is 14.5 Å². The molecule has 2 N–H and O–H groups in total. The maximum Gasteiger partial charge on any atom is 0.420 e. The second kappa shape index (κ2) is 7.90. The van der Waals surface area contributed by atoms with Crippen molar-refractivity contribution in [3.63, 3.8) is 0 Å². The summed E-state index contributed by atoms with van der Waals surface area (Å²) in [5.74, 6) is 0.560. The standard InChI is InChI=1S/C26H23F3N4O/c1-4-21-32-23-14(2)11-15(3)31-25(23)33(21)13-16-9-10-20-18(12-16)22(26(27,28)29)24(34-20)17-7-5-6-8-19(17)30/h5-12H,4,13,30H2,1-3H3. The molecule has 0 saturated carbocycles. The summed E-state index contributed by atoms with van der Waals surface area (Å²) >= 11 is 0. The third-order valence-corrected chi connectivity index (χ3v) is 6.00. The first-order valence-electron chi connectivity index (χ1n) is 11.0. The molecule has 8 heteroatoms. The number of imidazole rings is 1. The van der Waals surface area contributed by atoms with E-state index in [1.54, 1.807) is 30.3 Å². The van der Waals surface area contributed by atoms with Gasteiger partial charge in [0.15, 0.2) is 5.65 Å². The van der Waals surface area contributed by atoms with E-state index in [4.69, 9.17) is 15.1 Å². The van der Waals surface area contributed by atoms with E-state index in [1.807, 2.05) is 31.4 Å². The fraction of sp³-hybridized carbons (Fsp3) is 0.231. The number of nitrogens with two attached hydrogens (primary N) is 1. The predicted molar refractivity (Wildman–Crippen MR) is 127 cm³/mol. The molecule has 5 nitrogen and oxygen atoms in total. The summed E-state index contributed by atoms with van der Waals surface area (Å²) in [7, 11) is 0. The second-order valence-electron chi connectivity index (χ2n) is 8.44. The number of benzene rings is 2. The van der Waals surface area contributed by atoms with Gasteiger partial charge in [0, 0.05) is 28.8 Å². The molecule has 5 aromatic rings. The van der Waals surface area contributed by atoms with Crippen LogP contribution in [0.15, 0.2) is 52.9 Å². The van der Waals surface area contributed by atoms with Crippen LogP contribution in [0.25, 0.3) is 33.5 Å². The number of nitrogen functional groups attached to an aromatic ring is 1. The molecule has 0 atom stereocenters. The lowest BCUT2D eigenvalue weighted by molar-refractivity contribution is -0.136. The van der Waals surface area contributed by atoms with Crippen molar-refractivity contribution >= 4 is 27.8 Å². The van der Waals surface area contributed by atoms with E-state index in [-0.39, 0.29) is 28.0 Å². The van der Waals surface area contributed by atoms with E-state index in [1.165, 1.54) is 12.1 Å². The normalized spacial score (nSPS) is 12.2. The molecule has 34 heavy (non-hydrogen) atoms. The van der Waals surface area contributed by atoms with E-state index in [0.29, 0.717) is 18.5 Å². The Kier molecular flexibility index (Phi) is 5.11. The molecule has 0 amide bonds. The summed E-state index contributed by atoms with van der Waals surface area (Å²) in [5, 5.41) is 0.00560. The number of alkyl halides is 3. The van der Waals surface area contributed by atoms with Crippen LogP contribution in [0.5, 0.6) is 0 Å². The van der Waals surface area contributed by atoms with Gasteiger partial charge in [-0.1, -0.05) is 25.1 Å². The molecular formula is C26H23F3N4O. The van der Waals surface area contributed by atoms with Crippen LogP contribution in [0.4, 0.5) is 18.9 Å². The number of furan rings is 1. The van der Waals surface area contributed by atoms with Gasteiger partial charge in [-0.3, -0.25) is 0 Å². The van der Waals surface area contributed by atoms with Gasteiger partial charge in [-0.2, -0.15) is 13.2 Å². The van der Waals surface area contributed by atoms with E-state index in [0.717, 1.165) is 28.2 Å². The van der Waals surface area contributed by atoms with Crippen molar-refractivity contribution in [3.05, 3.63) is 76.7 Å². The Labute approximate surface area is 194 Å². The molecule has 3 heterocycles. The molecule has 0 aliphatic rings. The number of hydrogen-bond acceptors (Lipinski definition) is 4. The summed E-state index contributed by atoms with van der Waals surface area (Å²) in [5.41, 5.74) is 9.87. The molecule has 174 valence electrons. The van der Waals surface area contributed by atoms with E-state index in [9.17, 15) is 13.2 Å². The highest BCUT2D eigenvalue weighted by Gasteiger charge is 2.39. The van der Waals surface area contributed by atoms with Gasteiger partial charge in [-0.05, 0) is 55.3 Å². The minimum absolute atomic E-state index is 0.00560. The van der Waals surface area contributed by atoms with Gasteiger partial charge in [-0.15, -0.1) is 0 Å². The monoisotopic (exact) mass is 464 g/mol. The number of pyridine rings is 1. The number of aryl methyl sites for hydroxylation is 3. The number of halogens is 3. The second-order valence-corrected chi connectivity index (χ2v) is 8.44. The molecule has 0 aliphatic carbocycles. The maximum absolute atomic E-state index is 14.2. The average Bonchev–Trinajstić information content (AvgIpc) is 3.32. The first-order valence-corrected chi connectivity index (χ1v) is 11.0. The van der Waals surface area contributed by atoms with Gasteiger partial charge in [-0.25, -0.2) is 9.97 Å². The lowest BCUT2D eigenvalue weighted by Crippen LogP contribution is -2.07. The topological polar surface area (TPSA) is 69.9 Å². The number of nitrogens with zero attached hydrogens (tertiary/aromatic N) is 3. The molecule has 0 spiro atoms. The average molecular weight is 464 g/mol. The number of para-hydroxylation sites is 1. The summed E-state index contributed by atoms with van der Waals surface area (Å²) in [6.45, 7) is 6.24. The Morgan fingerprint density at radius 1 is 1.03 bits per heavy atom. The van der Waals surface area contributed by atoms with Gasteiger partial charge >= 0.3 is 6.18 Å². The zero-order chi connectivity index (χ0) is 24.2. The first kappa shape index (κ1) is 22.0. The molecule has 0 aliphatic heterocycles. The van der Waals surface area contributed by atoms with Crippen LogP contribution >= 0.6 is 0 Å². The predicted octanol–water partition coefficient (Wildman–Crippen LogP) is 6.67. The molecule has 0 radical (unpaired) electrons. The van der Waals surface area contributed by atoms with Gasteiger partial charge < -0.3 is 14.7 Å². The summed E-state index contributed by atoms with van der Waals surface area (Å²) < 4.78 is 50.4. The minimum atomic E-state index is -4.62. The van der Waals surface area contributed by atoms with E-state index < -0.39 is 11.7 Å². The number of anilines is 1. The van der Waals surface area contributed by atoms with Gasteiger partial charge in [0.05, 0.1) is 6.54 Å². The van der Waals surface area contributed by atoms with Crippen LogP contribution in [-0.2, 0) is 19.1 Å². The highest BCUT2D eigenvalue weighted by molar-refractivity contribution is 5.91. The van der Waals surface area contributed by atoms with Crippen molar-refractivity contribution in [3.8, 4) is 11.3 Å². The molecule has 0 unspecified atom stereocenters. The Bertz CT molecular complexity index is 1550. The third-order valence-electron chi connectivity index (χ3n) is 6.00. The molecule has 2 aromatic carbocycles. The van der Waals surface area contributed by atoms with Crippen LogP contribution < -0.4 is 5.73 Å². The van der Waals surface area contributed by atoms with E-state index in [2.05, 4.69) is 4.98 Å². The number of fused-ring (bicyclic) bond motifs is 2. The van der Waals surface area contributed by atoms with Crippen molar-refractivity contribution in [2.45, 2.75) is 39.9 Å². The molecular weight excluding hydrogens is 441 g/mol. The van der Waals surface area contributed by atoms with Crippen LogP contribution in [-0.4, -0.2) is 14.5 Å². The highest BCUT2D eigenvalue weighted by atomic mass is 19.4. The Hall–Kier alpha value is -3.81. The zero-order valence-corrected chi connectivity index (χ0v) is 19.0. The fourth-order valence-corrected chi connectivity index (χ4v) is 4.48. The summed E-state index contributed by atoms with van der Waals surface area (Å²) in [6.07, 6.45) is -3.94. The fourth-order valence-electron chi connectivity index (χ4n) is 4.48. The molecule has 3 aromatic heterocycles. The van der Waals surface area contributed by atoms with Gasteiger partial charge in [0.2, 0.25) is 0 Å². The van der Waals surface area contributed by atoms with Crippen LogP contribution in [0.2, 0.25) is 0 Å². The van der Waals surface area contributed by atoms with Gasteiger partial charge in [0.1, 0.15) is 28.2 Å². The quantitative estimate of drug-likeness (QED) is 0.302. The summed E-state index contributed by atoms with van der Waals surface area (Å²) in [6, 6.07) is 13.3. The van der Waals surface area contributed by atoms with Crippen molar-refractivity contribution in [2.75, 3.05) is 5.73 Å². The SMILES string of the molecule is CCc1nc2c(C)cc(C)nc2n1Cc1ccc2oc(-c3ccccc3N)c(C(F)(F)F)c2c1. The molecule has 0 bridgehead atoms. The maximum atomic E-state index is 14.2. The lowest BCUT2D eigenvalue weighted by atomic mass is 10.0. The molecule has 0 saturated heterocycles. The Morgan fingerprint density at radius 3 is 2.50 bits per heavy atom. The number of hydrogen-bond donors (Lipinski definition) is 1. The molecule has 0 fully saturated rings. The first-order chi connectivity index (χ1) is 16.2. The zero-order valence-electron chi connectivity index (χ0n) is 19.0. The third kappa shape index (κ3) is 3.59. The van der Waals surface area contributed by atoms with Crippen LogP contribution in [0.3, 0.4) is 0 Å². The highest BCUT2D eigenvalue weighted by Crippen LogP contribution is 2.45. The Morgan fingerprint density at radius 2 is 1.79 bits per heavy atom. The largest absolute Gasteiger partial charge is 0.455 e. The number of rotatable bonds is 4. The molecule has 5 rings (SSSR count). The van der Waals surface area contributed by atoms with E-state index >= 15 is 0 Å². The minimum Gasteiger partial charge on any atom is -0.455 e. The van der Waals surface area contributed by atoms with Crippen molar-refractivity contribution < 1.29 is 17.6 Å². The van der Waals surface area contributed by atoms with Crippen LogP contribution in [0, 0.1) is 13.8 Å². The smallest absolute Gasteiger partial charge is 0.420 e. The van der Waals surface area contributed by atoms with Crippen molar-refractivity contribution in [2.24, 2.45) is 0 Å². The van der Waals surface area contributed by atoms with Crippen LogP contribution in [0.1, 0.15) is 35.1 Å². The van der Waals surface area contributed by atoms with Gasteiger partial charge in [0.25, 0.3) is 0 Å². The Balaban J connectivity index is 1.68. The van der Waals surface area contributed by atoms with Crippen molar-refractivity contribution in [1.29, 1.82) is 0 Å². The lowest BCUT2D eigenvalue weighted by Gasteiger charge is -2.10. The number of aromatic nitrogens is 3. The summed E-state index contributed by atoms with van der Waals surface area (Å²) in [4.78, 5) is 9.39.